The summed E-state index contributed by atoms with van der Waals surface area (Å²) in [6.07, 6.45) is 1.45. The van der Waals surface area contributed by atoms with Gasteiger partial charge < -0.3 is 14.6 Å². The molecule has 128 valence electrons. The van der Waals surface area contributed by atoms with E-state index in [1.54, 1.807) is 23.1 Å². The highest BCUT2D eigenvalue weighted by Crippen LogP contribution is 2.29. The first kappa shape index (κ1) is 17.0. The lowest BCUT2D eigenvalue weighted by atomic mass is 10.2. The quantitative estimate of drug-likeness (QED) is 0.730. The van der Waals surface area contributed by atoms with Crippen molar-refractivity contribution >= 4 is 33.8 Å². The molecule has 0 aliphatic carbocycles. The Kier molecular flexibility index (Phi) is 5.00. The number of aryl methyl sites for hydroxylation is 1. The van der Waals surface area contributed by atoms with Crippen LogP contribution < -0.4 is 10.2 Å². The van der Waals surface area contributed by atoms with Crippen molar-refractivity contribution in [3.05, 3.63) is 71.0 Å². The molecular formula is C19H18N2O3S. The Morgan fingerprint density at radius 2 is 1.92 bits per heavy atom. The summed E-state index contributed by atoms with van der Waals surface area (Å²) in [5.74, 6) is -0.172. The van der Waals surface area contributed by atoms with E-state index >= 15 is 0 Å². The van der Waals surface area contributed by atoms with Crippen LogP contribution in [0.3, 0.4) is 0 Å². The summed E-state index contributed by atoms with van der Waals surface area (Å²) in [6.45, 7) is 4.37. The molecule has 1 aromatic carbocycles. The Hall–Kier alpha value is -2.86. The Morgan fingerprint density at radius 1 is 1.16 bits per heavy atom. The predicted octanol–water partition coefficient (Wildman–Crippen LogP) is 4.57. The van der Waals surface area contributed by atoms with E-state index in [4.69, 9.17) is 4.42 Å². The summed E-state index contributed by atoms with van der Waals surface area (Å²) in [5, 5.41) is 3.39. The molecule has 1 N–H and O–H groups in total. The third kappa shape index (κ3) is 3.64. The minimum absolute atomic E-state index is 0.0744. The first-order valence-corrected chi connectivity index (χ1v) is 8.74. The van der Waals surface area contributed by atoms with Gasteiger partial charge in [-0.1, -0.05) is 18.2 Å². The number of nitrogens with one attached hydrogen (secondary N) is 1. The van der Waals surface area contributed by atoms with Gasteiger partial charge in [-0.2, -0.15) is 0 Å². The van der Waals surface area contributed by atoms with Crippen LogP contribution in [-0.2, 0) is 0 Å². The Morgan fingerprint density at radius 3 is 2.56 bits per heavy atom. The van der Waals surface area contributed by atoms with E-state index in [1.165, 1.54) is 17.6 Å². The topological polar surface area (TPSA) is 62.6 Å². The summed E-state index contributed by atoms with van der Waals surface area (Å²) in [6, 6.07) is 14.6. The zero-order valence-electron chi connectivity index (χ0n) is 14.0. The van der Waals surface area contributed by atoms with Crippen molar-refractivity contribution in [1.82, 2.24) is 0 Å². The molecule has 25 heavy (non-hydrogen) atoms. The van der Waals surface area contributed by atoms with Gasteiger partial charge in [-0.3, -0.25) is 9.59 Å². The van der Waals surface area contributed by atoms with Crippen molar-refractivity contribution in [3.8, 4) is 0 Å². The molecule has 0 fully saturated rings. The van der Waals surface area contributed by atoms with Crippen molar-refractivity contribution in [2.75, 3.05) is 16.8 Å². The molecule has 0 radical (unpaired) electrons. The molecule has 5 nitrogen and oxygen atoms in total. The second-order valence-electron chi connectivity index (χ2n) is 5.44. The summed E-state index contributed by atoms with van der Waals surface area (Å²) in [7, 11) is 0. The van der Waals surface area contributed by atoms with E-state index < -0.39 is 0 Å². The SMILES string of the molecule is CCN(C(=O)c1sc(NC(=O)c2ccco2)cc1C)c1ccccc1. The second-order valence-corrected chi connectivity index (χ2v) is 6.49. The number of nitrogens with zero attached hydrogens (tertiary/aromatic N) is 1. The van der Waals surface area contributed by atoms with Crippen LogP contribution in [0.15, 0.2) is 59.2 Å². The normalized spacial score (nSPS) is 10.5. The molecule has 0 atom stereocenters. The number of para-hydroxylation sites is 1. The van der Waals surface area contributed by atoms with E-state index in [0.29, 0.717) is 16.4 Å². The number of hydrogen-bond acceptors (Lipinski definition) is 4. The molecule has 0 bridgehead atoms. The number of carbonyl (C=O) groups is 2. The molecule has 0 saturated carbocycles. The van der Waals surface area contributed by atoms with Crippen LogP contribution in [0.5, 0.6) is 0 Å². The number of anilines is 2. The molecule has 0 unspecified atom stereocenters. The molecule has 6 heteroatoms. The summed E-state index contributed by atoms with van der Waals surface area (Å²) in [5.41, 5.74) is 1.68. The van der Waals surface area contributed by atoms with Gasteiger partial charge in [0.1, 0.15) is 0 Å². The van der Waals surface area contributed by atoms with Gasteiger partial charge in [-0.05, 0) is 49.7 Å². The first-order chi connectivity index (χ1) is 12.1. The largest absolute Gasteiger partial charge is 0.459 e. The third-order valence-corrected chi connectivity index (χ3v) is 4.86. The number of hydrogen-bond donors (Lipinski definition) is 1. The van der Waals surface area contributed by atoms with E-state index in [2.05, 4.69) is 5.32 Å². The second kappa shape index (κ2) is 7.36. The predicted molar refractivity (Wildman–Crippen MR) is 99.5 cm³/mol. The smallest absolute Gasteiger partial charge is 0.291 e. The highest BCUT2D eigenvalue weighted by molar-refractivity contribution is 7.18. The molecule has 0 spiro atoms. The standard InChI is InChI=1S/C19H18N2O3S/c1-3-21(14-8-5-4-6-9-14)19(23)17-13(2)12-16(25-17)20-18(22)15-10-7-11-24-15/h4-12H,3H2,1-2H3,(H,20,22). The maximum absolute atomic E-state index is 12.9. The Bertz CT molecular complexity index is 869. The van der Waals surface area contributed by atoms with Gasteiger partial charge in [0.15, 0.2) is 5.76 Å². The van der Waals surface area contributed by atoms with Crippen LogP contribution in [0.25, 0.3) is 0 Å². The molecule has 0 saturated heterocycles. The summed E-state index contributed by atoms with van der Waals surface area (Å²) in [4.78, 5) is 27.3. The lowest BCUT2D eigenvalue weighted by Crippen LogP contribution is -2.30. The number of benzene rings is 1. The van der Waals surface area contributed by atoms with Gasteiger partial charge in [-0.25, -0.2) is 0 Å². The lowest BCUT2D eigenvalue weighted by Gasteiger charge is -2.20. The monoisotopic (exact) mass is 354 g/mol. The maximum Gasteiger partial charge on any atom is 0.291 e. The number of thiophene rings is 1. The molecular weight excluding hydrogens is 336 g/mol. The summed E-state index contributed by atoms with van der Waals surface area (Å²) < 4.78 is 5.08. The van der Waals surface area contributed by atoms with Crippen molar-refractivity contribution < 1.29 is 14.0 Å². The third-order valence-electron chi connectivity index (χ3n) is 3.72. The average molecular weight is 354 g/mol. The zero-order valence-corrected chi connectivity index (χ0v) is 14.8. The highest BCUT2D eigenvalue weighted by Gasteiger charge is 2.21. The highest BCUT2D eigenvalue weighted by atomic mass is 32.1. The van der Waals surface area contributed by atoms with Crippen LogP contribution in [0.1, 0.15) is 32.7 Å². The molecule has 2 amide bonds. The Balaban J connectivity index is 1.81. The summed E-state index contributed by atoms with van der Waals surface area (Å²) >= 11 is 1.27. The van der Waals surface area contributed by atoms with Crippen LogP contribution in [-0.4, -0.2) is 18.4 Å². The lowest BCUT2D eigenvalue weighted by molar-refractivity contribution is 0.0986. The van der Waals surface area contributed by atoms with Crippen LogP contribution in [0.4, 0.5) is 10.7 Å². The Labute approximate surface area is 149 Å². The van der Waals surface area contributed by atoms with Gasteiger partial charge in [0.05, 0.1) is 16.1 Å². The fourth-order valence-corrected chi connectivity index (χ4v) is 3.53. The van der Waals surface area contributed by atoms with Crippen molar-refractivity contribution in [1.29, 1.82) is 0 Å². The fraction of sp³-hybridized carbons (Fsp3) is 0.158. The number of carbonyl (C=O) groups excluding carboxylic acids is 2. The molecule has 3 aromatic rings. The van der Waals surface area contributed by atoms with E-state index in [-0.39, 0.29) is 17.6 Å². The molecule has 0 aliphatic heterocycles. The van der Waals surface area contributed by atoms with Crippen molar-refractivity contribution in [2.45, 2.75) is 13.8 Å². The minimum atomic E-state index is -0.333. The molecule has 2 aromatic heterocycles. The minimum Gasteiger partial charge on any atom is -0.459 e. The van der Waals surface area contributed by atoms with Crippen LogP contribution in [0.2, 0.25) is 0 Å². The molecule has 2 heterocycles. The first-order valence-electron chi connectivity index (χ1n) is 7.92. The van der Waals surface area contributed by atoms with Gasteiger partial charge >= 0.3 is 0 Å². The molecule has 0 aliphatic rings. The van der Waals surface area contributed by atoms with E-state index in [1.807, 2.05) is 44.2 Å². The zero-order chi connectivity index (χ0) is 17.8. The maximum atomic E-state index is 12.9. The number of rotatable bonds is 5. The van der Waals surface area contributed by atoms with Gasteiger partial charge in [0.25, 0.3) is 11.8 Å². The number of furan rings is 1. The molecule has 3 rings (SSSR count). The van der Waals surface area contributed by atoms with Crippen molar-refractivity contribution in [2.24, 2.45) is 0 Å². The van der Waals surface area contributed by atoms with Gasteiger partial charge in [0, 0.05) is 12.2 Å². The van der Waals surface area contributed by atoms with Crippen LogP contribution >= 0.6 is 11.3 Å². The van der Waals surface area contributed by atoms with Gasteiger partial charge in [-0.15, -0.1) is 11.3 Å². The average Bonchev–Trinajstić information content (AvgIpc) is 3.26. The van der Waals surface area contributed by atoms with Crippen LogP contribution in [0, 0.1) is 6.92 Å². The van der Waals surface area contributed by atoms with E-state index in [0.717, 1.165) is 11.3 Å². The van der Waals surface area contributed by atoms with Crippen molar-refractivity contribution in [3.63, 3.8) is 0 Å². The van der Waals surface area contributed by atoms with E-state index in [9.17, 15) is 9.59 Å². The van der Waals surface area contributed by atoms with Gasteiger partial charge in [0.2, 0.25) is 0 Å². The number of amides is 2. The fourth-order valence-electron chi connectivity index (χ4n) is 2.51.